The first kappa shape index (κ1) is 12.5. The lowest BCUT2D eigenvalue weighted by molar-refractivity contribution is -0.141. The molecule has 1 fully saturated rings. The lowest BCUT2D eigenvalue weighted by atomic mass is 10.2. The Bertz CT molecular complexity index is 429. The van der Waals surface area contributed by atoms with Gasteiger partial charge in [-0.1, -0.05) is 6.07 Å². The topological polar surface area (TPSA) is 59.5 Å². The van der Waals surface area contributed by atoms with Crippen molar-refractivity contribution in [1.29, 1.82) is 0 Å². The van der Waals surface area contributed by atoms with Crippen LogP contribution < -0.4 is 4.90 Å². The van der Waals surface area contributed by atoms with E-state index in [1.54, 1.807) is 11.1 Å². The molecule has 0 aliphatic heterocycles. The predicted molar refractivity (Wildman–Crippen MR) is 66.0 cm³/mol. The maximum atomic E-state index is 12.1. The third kappa shape index (κ3) is 3.06. The van der Waals surface area contributed by atoms with Crippen LogP contribution in [0.1, 0.15) is 25.7 Å². The second-order valence-corrected chi connectivity index (χ2v) is 4.26. The molecule has 96 valence electrons. The minimum Gasteiger partial charge on any atom is -0.469 e. The predicted octanol–water partition coefficient (Wildman–Crippen LogP) is 1.53. The largest absolute Gasteiger partial charge is 0.469 e. The van der Waals surface area contributed by atoms with Crippen LogP contribution in [0.25, 0.3) is 0 Å². The summed E-state index contributed by atoms with van der Waals surface area (Å²) in [6.07, 6.45) is 3.95. The normalized spacial score (nSPS) is 14.1. The summed E-state index contributed by atoms with van der Waals surface area (Å²) in [6.45, 7) is 0. The molecule has 0 N–H and O–H groups in total. The number of rotatable bonds is 5. The molecule has 5 heteroatoms. The second-order valence-electron chi connectivity index (χ2n) is 4.26. The van der Waals surface area contributed by atoms with E-state index in [4.69, 9.17) is 0 Å². The van der Waals surface area contributed by atoms with Crippen molar-refractivity contribution in [2.45, 2.75) is 31.7 Å². The van der Waals surface area contributed by atoms with E-state index in [1.165, 1.54) is 7.11 Å². The summed E-state index contributed by atoms with van der Waals surface area (Å²) in [5.74, 6) is 0.233. The van der Waals surface area contributed by atoms with Crippen molar-refractivity contribution in [2.75, 3.05) is 12.0 Å². The van der Waals surface area contributed by atoms with Crippen LogP contribution in [0.2, 0.25) is 0 Å². The summed E-state index contributed by atoms with van der Waals surface area (Å²) >= 11 is 0. The number of anilines is 1. The number of carbonyl (C=O) groups excluding carboxylic acids is 2. The molecule has 1 heterocycles. The molecule has 0 radical (unpaired) electrons. The molecule has 2 rings (SSSR count). The summed E-state index contributed by atoms with van der Waals surface area (Å²) in [5.41, 5.74) is 0. The Balaban J connectivity index is 2.02. The fraction of sp³-hybridized carbons (Fsp3) is 0.462. The molecule has 1 aliphatic carbocycles. The number of hydrogen-bond acceptors (Lipinski definition) is 4. The number of nitrogens with zero attached hydrogens (tertiary/aromatic N) is 2. The minimum absolute atomic E-state index is 0.0680. The van der Waals surface area contributed by atoms with Gasteiger partial charge in [0.25, 0.3) is 0 Å². The van der Waals surface area contributed by atoms with Crippen molar-refractivity contribution in [1.82, 2.24) is 4.98 Å². The molecular weight excluding hydrogens is 232 g/mol. The quantitative estimate of drug-likeness (QED) is 0.741. The summed E-state index contributed by atoms with van der Waals surface area (Å²) in [5, 5.41) is 0. The van der Waals surface area contributed by atoms with Crippen LogP contribution >= 0.6 is 0 Å². The number of methoxy groups -OCH3 is 1. The SMILES string of the molecule is COC(=O)CCC(=O)N(c1ccccn1)C1CC1. The molecule has 1 saturated carbocycles. The van der Waals surface area contributed by atoms with E-state index in [9.17, 15) is 9.59 Å². The highest BCUT2D eigenvalue weighted by molar-refractivity contribution is 5.95. The zero-order valence-electron chi connectivity index (χ0n) is 10.3. The lowest BCUT2D eigenvalue weighted by Gasteiger charge is -2.21. The number of hydrogen-bond donors (Lipinski definition) is 0. The third-order valence-corrected chi connectivity index (χ3v) is 2.85. The highest BCUT2D eigenvalue weighted by Gasteiger charge is 2.34. The van der Waals surface area contributed by atoms with Crippen molar-refractivity contribution in [3.05, 3.63) is 24.4 Å². The molecule has 18 heavy (non-hydrogen) atoms. The van der Waals surface area contributed by atoms with Crippen LogP contribution in [0.5, 0.6) is 0 Å². The van der Waals surface area contributed by atoms with E-state index in [0.717, 1.165) is 12.8 Å². The zero-order valence-corrected chi connectivity index (χ0v) is 10.3. The maximum Gasteiger partial charge on any atom is 0.306 e. The summed E-state index contributed by atoms with van der Waals surface area (Å²) < 4.78 is 4.54. The van der Waals surface area contributed by atoms with Crippen LogP contribution in [0.15, 0.2) is 24.4 Å². The van der Waals surface area contributed by atoms with Gasteiger partial charge in [-0.2, -0.15) is 0 Å². The summed E-state index contributed by atoms with van der Waals surface area (Å²) in [7, 11) is 1.32. The first-order valence-electron chi connectivity index (χ1n) is 6.02. The molecule has 0 atom stereocenters. The Morgan fingerprint density at radius 2 is 2.17 bits per heavy atom. The highest BCUT2D eigenvalue weighted by Crippen LogP contribution is 2.31. The molecule has 1 aliphatic rings. The summed E-state index contributed by atoms with van der Waals surface area (Å²) in [6, 6.07) is 5.72. The van der Waals surface area contributed by atoms with Crippen LogP contribution in [0, 0.1) is 0 Å². The van der Waals surface area contributed by atoms with Gasteiger partial charge in [0.15, 0.2) is 0 Å². The van der Waals surface area contributed by atoms with Gasteiger partial charge in [-0.15, -0.1) is 0 Å². The van der Waals surface area contributed by atoms with Crippen molar-refractivity contribution in [3.8, 4) is 0 Å². The molecule has 1 aromatic rings. The number of esters is 1. The van der Waals surface area contributed by atoms with Crippen LogP contribution in [-0.4, -0.2) is 30.0 Å². The van der Waals surface area contributed by atoms with Gasteiger partial charge in [0, 0.05) is 18.7 Å². The lowest BCUT2D eigenvalue weighted by Crippen LogP contribution is -2.33. The number of ether oxygens (including phenoxy) is 1. The van der Waals surface area contributed by atoms with E-state index in [1.807, 2.05) is 18.2 Å². The molecule has 0 saturated heterocycles. The number of carbonyl (C=O) groups is 2. The molecule has 5 nitrogen and oxygen atoms in total. The van der Waals surface area contributed by atoms with Crippen molar-refractivity contribution < 1.29 is 14.3 Å². The Morgan fingerprint density at radius 3 is 2.72 bits per heavy atom. The Hall–Kier alpha value is -1.91. The molecule has 1 amide bonds. The van der Waals surface area contributed by atoms with Crippen LogP contribution in [0.4, 0.5) is 5.82 Å². The molecule has 0 unspecified atom stereocenters. The van der Waals surface area contributed by atoms with Gasteiger partial charge in [-0.3, -0.25) is 14.5 Å². The van der Waals surface area contributed by atoms with Crippen molar-refractivity contribution in [3.63, 3.8) is 0 Å². The second kappa shape index (κ2) is 5.62. The third-order valence-electron chi connectivity index (χ3n) is 2.85. The smallest absolute Gasteiger partial charge is 0.306 e. The van der Waals surface area contributed by atoms with E-state index in [2.05, 4.69) is 9.72 Å². The maximum absolute atomic E-state index is 12.1. The van der Waals surface area contributed by atoms with Crippen LogP contribution in [0.3, 0.4) is 0 Å². The Kier molecular flexibility index (Phi) is 3.92. The van der Waals surface area contributed by atoms with E-state index in [-0.39, 0.29) is 30.8 Å². The van der Waals surface area contributed by atoms with E-state index in [0.29, 0.717) is 5.82 Å². The average Bonchev–Trinajstić information content (AvgIpc) is 3.22. The minimum atomic E-state index is -0.361. The average molecular weight is 248 g/mol. The highest BCUT2D eigenvalue weighted by atomic mass is 16.5. The fourth-order valence-corrected chi connectivity index (χ4v) is 1.78. The van der Waals surface area contributed by atoms with E-state index >= 15 is 0 Å². The van der Waals surface area contributed by atoms with Gasteiger partial charge < -0.3 is 4.74 Å². The fourth-order valence-electron chi connectivity index (χ4n) is 1.78. The molecule has 0 aromatic carbocycles. The van der Waals surface area contributed by atoms with Gasteiger partial charge in [0.2, 0.25) is 5.91 Å². The Morgan fingerprint density at radius 1 is 1.39 bits per heavy atom. The standard InChI is InChI=1S/C13H16N2O3/c1-18-13(17)8-7-12(16)15(10-5-6-10)11-4-2-3-9-14-11/h2-4,9-10H,5-8H2,1H3. The molecular formula is C13H16N2O3. The zero-order chi connectivity index (χ0) is 13.0. The Labute approximate surface area is 106 Å². The summed E-state index contributed by atoms with van der Waals surface area (Å²) in [4.78, 5) is 29.1. The number of amides is 1. The van der Waals surface area contributed by atoms with Crippen molar-refractivity contribution >= 4 is 17.7 Å². The first-order valence-corrected chi connectivity index (χ1v) is 6.02. The number of pyridine rings is 1. The van der Waals surface area contributed by atoms with Gasteiger partial charge in [0.1, 0.15) is 5.82 Å². The van der Waals surface area contributed by atoms with Gasteiger partial charge in [0.05, 0.1) is 13.5 Å². The van der Waals surface area contributed by atoms with Gasteiger partial charge >= 0.3 is 5.97 Å². The molecule has 0 spiro atoms. The number of aromatic nitrogens is 1. The molecule has 1 aromatic heterocycles. The first-order chi connectivity index (χ1) is 8.72. The monoisotopic (exact) mass is 248 g/mol. The van der Waals surface area contributed by atoms with Crippen LogP contribution in [-0.2, 0) is 14.3 Å². The van der Waals surface area contributed by atoms with Crippen molar-refractivity contribution in [2.24, 2.45) is 0 Å². The van der Waals surface area contributed by atoms with E-state index < -0.39 is 0 Å². The van der Waals surface area contributed by atoms with Gasteiger partial charge in [-0.25, -0.2) is 4.98 Å². The molecule has 0 bridgehead atoms. The van der Waals surface area contributed by atoms with Gasteiger partial charge in [-0.05, 0) is 25.0 Å².